The molecule has 94 valence electrons. The molecule has 0 aliphatic heterocycles. The van der Waals surface area contributed by atoms with Crippen LogP contribution in [0.5, 0.6) is 0 Å². The zero-order valence-electron chi connectivity index (χ0n) is 10.5. The molecular weight excluding hydrogens is 224 g/mol. The number of anilines is 1. The van der Waals surface area contributed by atoms with Crippen LogP contribution in [0, 0.1) is 0 Å². The highest BCUT2D eigenvalue weighted by Crippen LogP contribution is 2.30. The molecule has 1 aromatic carbocycles. The monoisotopic (exact) mass is 243 g/mol. The van der Waals surface area contributed by atoms with Gasteiger partial charge < -0.3 is 10.4 Å². The van der Waals surface area contributed by atoms with Crippen molar-refractivity contribution in [3.05, 3.63) is 35.5 Å². The molecular formula is C15H19N2O+. The van der Waals surface area contributed by atoms with E-state index in [4.69, 9.17) is 5.11 Å². The van der Waals surface area contributed by atoms with Crippen molar-refractivity contribution in [1.82, 2.24) is 0 Å². The maximum Gasteiger partial charge on any atom is 0.213 e. The first kappa shape index (κ1) is 11.5. The van der Waals surface area contributed by atoms with Crippen molar-refractivity contribution in [2.24, 2.45) is 0 Å². The second-order valence-corrected chi connectivity index (χ2v) is 4.86. The molecule has 1 heterocycles. The van der Waals surface area contributed by atoms with E-state index in [1.54, 1.807) is 0 Å². The number of benzene rings is 1. The van der Waals surface area contributed by atoms with Crippen LogP contribution in [0.1, 0.15) is 24.1 Å². The average molecular weight is 243 g/mol. The second-order valence-electron chi connectivity index (χ2n) is 4.86. The Hall–Kier alpha value is -1.61. The molecule has 0 saturated heterocycles. The Bertz CT molecular complexity index is 566. The largest absolute Gasteiger partial charge is 0.395 e. The van der Waals surface area contributed by atoms with Gasteiger partial charge in [-0.2, -0.15) is 0 Å². The first-order chi connectivity index (χ1) is 8.90. The number of aliphatic hydroxyl groups excluding tert-OH is 1. The summed E-state index contributed by atoms with van der Waals surface area (Å²) in [6, 6.07) is 8.38. The Morgan fingerprint density at radius 3 is 2.89 bits per heavy atom. The lowest BCUT2D eigenvalue weighted by atomic mass is 9.92. The molecule has 2 aromatic rings. The maximum atomic E-state index is 9.03. The highest BCUT2D eigenvalue weighted by atomic mass is 16.3. The predicted molar refractivity (Wildman–Crippen MR) is 72.7 cm³/mol. The first-order valence-corrected chi connectivity index (χ1v) is 6.70. The fourth-order valence-corrected chi connectivity index (χ4v) is 2.84. The highest BCUT2D eigenvalue weighted by Gasteiger charge is 2.22. The Morgan fingerprint density at radius 2 is 2.00 bits per heavy atom. The molecule has 3 nitrogen and oxygen atoms in total. The van der Waals surface area contributed by atoms with Crippen LogP contribution in [-0.4, -0.2) is 18.3 Å². The molecule has 0 atom stereocenters. The van der Waals surface area contributed by atoms with Crippen LogP contribution in [0.15, 0.2) is 24.3 Å². The Kier molecular flexibility index (Phi) is 3.15. The van der Waals surface area contributed by atoms with Gasteiger partial charge in [-0.05, 0) is 25.3 Å². The van der Waals surface area contributed by atoms with E-state index in [1.165, 1.54) is 40.7 Å². The third kappa shape index (κ3) is 1.95. The van der Waals surface area contributed by atoms with Gasteiger partial charge in [0.1, 0.15) is 0 Å². The number of aliphatic hydroxyl groups is 1. The van der Waals surface area contributed by atoms with Crippen LogP contribution in [0.4, 0.5) is 5.69 Å². The molecule has 0 fully saturated rings. The quantitative estimate of drug-likeness (QED) is 0.865. The van der Waals surface area contributed by atoms with Gasteiger partial charge in [-0.25, -0.2) is 4.98 Å². The van der Waals surface area contributed by atoms with Crippen molar-refractivity contribution >= 4 is 16.6 Å². The number of fused-ring (bicyclic) bond motifs is 2. The van der Waals surface area contributed by atoms with Crippen molar-refractivity contribution < 1.29 is 10.1 Å². The van der Waals surface area contributed by atoms with Crippen molar-refractivity contribution in [2.45, 2.75) is 25.7 Å². The number of aromatic amines is 1. The molecule has 0 spiro atoms. The van der Waals surface area contributed by atoms with Crippen LogP contribution in [-0.2, 0) is 12.8 Å². The van der Waals surface area contributed by atoms with Gasteiger partial charge in [-0.3, -0.25) is 0 Å². The summed E-state index contributed by atoms with van der Waals surface area (Å²) in [5, 5.41) is 13.7. The van der Waals surface area contributed by atoms with Crippen molar-refractivity contribution in [3.63, 3.8) is 0 Å². The maximum absolute atomic E-state index is 9.03. The number of rotatable bonds is 3. The smallest absolute Gasteiger partial charge is 0.213 e. The van der Waals surface area contributed by atoms with E-state index in [0.29, 0.717) is 6.54 Å². The number of hydrogen-bond acceptors (Lipinski definition) is 2. The summed E-state index contributed by atoms with van der Waals surface area (Å²) in [6.45, 7) is 0.780. The molecule has 1 aliphatic rings. The van der Waals surface area contributed by atoms with Gasteiger partial charge in [0.25, 0.3) is 0 Å². The van der Waals surface area contributed by atoms with Crippen LogP contribution < -0.4 is 10.3 Å². The highest BCUT2D eigenvalue weighted by molar-refractivity contribution is 5.91. The van der Waals surface area contributed by atoms with Crippen LogP contribution in [0.3, 0.4) is 0 Å². The van der Waals surface area contributed by atoms with Gasteiger partial charge in [-0.1, -0.05) is 12.1 Å². The number of aryl methyl sites for hydroxylation is 1. The summed E-state index contributed by atoms with van der Waals surface area (Å²) < 4.78 is 0. The molecule has 18 heavy (non-hydrogen) atoms. The molecule has 0 unspecified atom stereocenters. The lowest BCUT2D eigenvalue weighted by molar-refractivity contribution is -0.359. The zero-order chi connectivity index (χ0) is 12.4. The Balaban J connectivity index is 2.19. The van der Waals surface area contributed by atoms with Crippen molar-refractivity contribution in [2.75, 3.05) is 18.5 Å². The third-order valence-electron chi connectivity index (χ3n) is 3.67. The normalized spacial score (nSPS) is 14.5. The number of para-hydroxylation sites is 1. The van der Waals surface area contributed by atoms with Gasteiger partial charge in [0.2, 0.25) is 5.52 Å². The van der Waals surface area contributed by atoms with Crippen LogP contribution >= 0.6 is 0 Å². The van der Waals surface area contributed by atoms with E-state index < -0.39 is 0 Å². The van der Waals surface area contributed by atoms with E-state index in [-0.39, 0.29) is 6.61 Å². The van der Waals surface area contributed by atoms with Crippen molar-refractivity contribution in [3.8, 4) is 0 Å². The summed E-state index contributed by atoms with van der Waals surface area (Å²) in [5.41, 5.74) is 5.17. The molecule has 3 rings (SSSR count). The molecule has 0 saturated carbocycles. The lowest BCUT2D eigenvalue weighted by Gasteiger charge is -2.17. The molecule has 0 radical (unpaired) electrons. The minimum absolute atomic E-state index is 0.168. The topological polar surface area (TPSA) is 46.4 Å². The van der Waals surface area contributed by atoms with E-state index in [9.17, 15) is 0 Å². The molecule has 3 N–H and O–H groups in total. The number of pyridine rings is 1. The molecule has 3 heteroatoms. The zero-order valence-corrected chi connectivity index (χ0v) is 10.5. The first-order valence-electron chi connectivity index (χ1n) is 6.70. The van der Waals surface area contributed by atoms with E-state index >= 15 is 0 Å². The summed E-state index contributed by atoms with van der Waals surface area (Å²) >= 11 is 0. The molecule has 1 aliphatic carbocycles. The SMILES string of the molecule is OCCNc1c2c([nH+]c3ccccc13)CCCC2. The summed E-state index contributed by atoms with van der Waals surface area (Å²) in [4.78, 5) is 3.56. The van der Waals surface area contributed by atoms with E-state index in [0.717, 1.165) is 12.8 Å². The van der Waals surface area contributed by atoms with Gasteiger partial charge in [0.05, 0.1) is 17.7 Å². The van der Waals surface area contributed by atoms with Crippen molar-refractivity contribution in [1.29, 1.82) is 0 Å². The Morgan fingerprint density at radius 1 is 1.17 bits per heavy atom. The molecule has 1 aromatic heterocycles. The van der Waals surface area contributed by atoms with Crippen LogP contribution in [0.25, 0.3) is 10.9 Å². The second kappa shape index (κ2) is 4.94. The van der Waals surface area contributed by atoms with Gasteiger partial charge in [0, 0.05) is 24.6 Å². The number of H-pyrrole nitrogens is 1. The van der Waals surface area contributed by atoms with Gasteiger partial charge in [0.15, 0.2) is 5.69 Å². The Labute approximate surface area is 107 Å². The molecule has 0 amide bonds. The number of aromatic nitrogens is 1. The lowest BCUT2D eigenvalue weighted by Crippen LogP contribution is -2.22. The van der Waals surface area contributed by atoms with Crippen LogP contribution in [0.2, 0.25) is 0 Å². The standard InChI is InChI=1S/C15H18N2O/c18-10-9-16-15-11-5-1-3-7-13(11)17-14-8-4-2-6-12(14)15/h1,3,5,7,18H,2,4,6,8-10H2,(H,16,17)/p+1. The number of hydrogen-bond donors (Lipinski definition) is 2. The fraction of sp³-hybridized carbons (Fsp3) is 0.400. The fourth-order valence-electron chi connectivity index (χ4n) is 2.84. The summed E-state index contributed by atoms with van der Waals surface area (Å²) in [7, 11) is 0. The number of nitrogens with one attached hydrogen (secondary N) is 2. The summed E-state index contributed by atoms with van der Waals surface area (Å²) in [6.07, 6.45) is 4.78. The minimum Gasteiger partial charge on any atom is -0.395 e. The third-order valence-corrected chi connectivity index (χ3v) is 3.67. The average Bonchev–Trinajstić information content (AvgIpc) is 2.43. The minimum atomic E-state index is 0.168. The van der Waals surface area contributed by atoms with E-state index in [2.05, 4.69) is 34.6 Å². The van der Waals surface area contributed by atoms with Gasteiger partial charge in [-0.15, -0.1) is 0 Å². The van der Waals surface area contributed by atoms with Gasteiger partial charge >= 0.3 is 0 Å². The molecule has 0 bridgehead atoms. The summed E-state index contributed by atoms with van der Waals surface area (Å²) in [5.74, 6) is 0. The van der Waals surface area contributed by atoms with E-state index in [1.807, 2.05) is 0 Å². The predicted octanol–water partition coefficient (Wildman–Crippen LogP) is 1.94.